The van der Waals surface area contributed by atoms with Gasteiger partial charge in [-0.25, -0.2) is 15.0 Å². The van der Waals surface area contributed by atoms with Crippen molar-refractivity contribution in [1.29, 1.82) is 0 Å². The lowest BCUT2D eigenvalue weighted by Gasteiger charge is -2.13. The van der Waals surface area contributed by atoms with Gasteiger partial charge in [-0.2, -0.15) is 4.52 Å². The first-order chi connectivity index (χ1) is 15.7. The van der Waals surface area contributed by atoms with Crippen molar-refractivity contribution < 1.29 is 13.9 Å². The summed E-state index contributed by atoms with van der Waals surface area (Å²) in [6, 6.07) is 5.71. The van der Waals surface area contributed by atoms with E-state index in [2.05, 4.69) is 15.6 Å². The van der Waals surface area contributed by atoms with Crippen molar-refractivity contribution in [3.63, 3.8) is 0 Å². The molecule has 5 rings (SSSR count). The number of benzene rings is 1. The molecule has 1 atom stereocenters. The quantitative estimate of drug-likeness (QED) is 0.452. The standard InChI is InChI=1S/C22H25N7O3/c1-13-18(21-24-8-9-32-21)26-22(25-12-14-4-5-16(30-2)10-17(14)31-3)29-20(13)27-19(28-29)15-6-7-23-11-15/h4-5,8-10,15,23H,6-7,11-12H2,1-3H3,(H,25,26). The molecule has 10 heteroatoms. The summed E-state index contributed by atoms with van der Waals surface area (Å²) in [6.45, 7) is 4.29. The molecule has 1 aliphatic rings. The molecule has 0 radical (unpaired) electrons. The van der Waals surface area contributed by atoms with Crippen LogP contribution in [-0.2, 0) is 6.54 Å². The average Bonchev–Trinajstić information content (AvgIpc) is 3.59. The summed E-state index contributed by atoms with van der Waals surface area (Å²) < 4.78 is 18.1. The molecule has 1 saturated heterocycles. The molecule has 1 unspecified atom stereocenters. The van der Waals surface area contributed by atoms with Gasteiger partial charge in [-0.15, -0.1) is 5.10 Å². The third-order valence-corrected chi connectivity index (χ3v) is 5.72. The van der Waals surface area contributed by atoms with Crippen LogP contribution in [0.5, 0.6) is 11.5 Å². The minimum Gasteiger partial charge on any atom is -0.497 e. The zero-order valence-corrected chi connectivity index (χ0v) is 18.3. The van der Waals surface area contributed by atoms with E-state index in [1.807, 2.05) is 25.1 Å². The molecule has 1 aliphatic heterocycles. The highest BCUT2D eigenvalue weighted by molar-refractivity contribution is 5.66. The SMILES string of the molecule is COc1ccc(CNc2nc(-c3ncco3)c(C)c3nc(C4CCNC4)nn23)c(OC)c1. The van der Waals surface area contributed by atoms with Crippen LogP contribution in [-0.4, -0.2) is 51.9 Å². The Kier molecular flexibility index (Phi) is 5.36. The lowest BCUT2D eigenvalue weighted by atomic mass is 10.1. The molecule has 4 heterocycles. The molecule has 10 nitrogen and oxygen atoms in total. The van der Waals surface area contributed by atoms with E-state index in [-0.39, 0.29) is 5.92 Å². The molecule has 166 valence electrons. The number of anilines is 1. The monoisotopic (exact) mass is 435 g/mol. The van der Waals surface area contributed by atoms with Gasteiger partial charge in [0.2, 0.25) is 11.8 Å². The zero-order valence-electron chi connectivity index (χ0n) is 18.3. The van der Waals surface area contributed by atoms with E-state index in [0.29, 0.717) is 24.1 Å². The molecule has 4 aromatic rings. The molecule has 0 saturated carbocycles. The van der Waals surface area contributed by atoms with Gasteiger partial charge in [0.25, 0.3) is 0 Å². The van der Waals surface area contributed by atoms with Gasteiger partial charge < -0.3 is 24.5 Å². The van der Waals surface area contributed by atoms with Crippen molar-refractivity contribution in [2.75, 3.05) is 32.6 Å². The number of aryl methyl sites for hydroxylation is 1. The number of fused-ring (bicyclic) bond motifs is 1. The Morgan fingerprint density at radius 3 is 2.88 bits per heavy atom. The molecule has 0 bridgehead atoms. The Morgan fingerprint density at radius 1 is 1.25 bits per heavy atom. The van der Waals surface area contributed by atoms with E-state index in [4.69, 9.17) is 29.0 Å². The average molecular weight is 435 g/mol. The van der Waals surface area contributed by atoms with Crippen molar-refractivity contribution in [2.45, 2.75) is 25.8 Å². The maximum absolute atomic E-state index is 5.53. The summed E-state index contributed by atoms with van der Waals surface area (Å²) in [4.78, 5) is 13.9. The van der Waals surface area contributed by atoms with Gasteiger partial charge in [-0.3, -0.25) is 0 Å². The van der Waals surface area contributed by atoms with Crippen LogP contribution in [0.3, 0.4) is 0 Å². The van der Waals surface area contributed by atoms with E-state index in [1.54, 1.807) is 24.9 Å². The first-order valence-corrected chi connectivity index (χ1v) is 10.5. The smallest absolute Gasteiger partial charge is 0.245 e. The Morgan fingerprint density at radius 2 is 2.16 bits per heavy atom. The molecular formula is C22H25N7O3. The summed E-state index contributed by atoms with van der Waals surface area (Å²) >= 11 is 0. The molecular weight excluding hydrogens is 410 g/mol. The highest BCUT2D eigenvalue weighted by Gasteiger charge is 2.25. The molecule has 0 amide bonds. The highest BCUT2D eigenvalue weighted by atomic mass is 16.5. The van der Waals surface area contributed by atoms with Gasteiger partial charge in [-0.05, 0) is 32.0 Å². The van der Waals surface area contributed by atoms with Crippen LogP contribution in [0, 0.1) is 6.92 Å². The second kappa shape index (κ2) is 8.46. The fraction of sp³-hybridized carbons (Fsp3) is 0.364. The first-order valence-electron chi connectivity index (χ1n) is 10.5. The molecule has 0 aliphatic carbocycles. The number of aromatic nitrogens is 5. The fourth-order valence-corrected chi connectivity index (χ4v) is 3.94. The third-order valence-electron chi connectivity index (χ3n) is 5.72. The van der Waals surface area contributed by atoms with E-state index < -0.39 is 0 Å². The van der Waals surface area contributed by atoms with Crippen molar-refractivity contribution in [3.8, 4) is 23.1 Å². The number of ether oxygens (including phenoxy) is 2. The molecule has 2 N–H and O–H groups in total. The minimum absolute atomic E-state index is 0.286. The number of methoxy groups -OCH3 is 2. The van der Waals surface area contributed by atoms with E-state index >= 15 is 0 Å². The summed E-state index contributed by atoms with van der Waals surface area (Å²) in [6.07, 6.45) is 4.16. The fourth-order valence-electron chi connectivity index (χ4n) is 3.94. The van der Waals surface area contributed by atoms with Gasteiger partial charge in [0, 0.05) is 36.2 Å². The molecule has 3 aromatic heterocycles. The normalized spacial score (nSPS) is 15.9. The van der Waals surface area contributed by atoms with E-state index in [9.17, 15) is 0 Å². The number of hydrogen-bond donors (Lipinski definition) is 2. The topological polar surface area (TPSA) is 112 Å². The van der Waals surface area contributed by atoms with Crippen molar-refractivity contribution in [1.82, 2.24) is 29.9 Å². The second-order valence-corrected chi connectivity index (χ2v) is 7.67. The van der Waals surface area contributed by atoms with Crippen molar-refractivity contribution >= 4 is 11.6 Å². The number of hydrogen-bond acceptors (Lipinski definition) is 9. The van der Waals surface area contributed by atoms with Gasteiger partial charge in [0.15, 0.2) is 11.5 Å². The maximum atomic E-state index is 5.53. The zero-order chi connectivity index (χ0) is 22.1. The Hall–Kier alpha value is -3.66. The predicted octanol–water partition coefficient (Wildman–Crippen LogP) is 2.79. The predicted molar refractivity (Wildman–Crippen MR) is 118 cm³/mol. The number of oxazole rings is 1. The largest absolute Gasteiger partial charge is 0.497 e. The van der Waals surface area contributed by atoms with Crippen LogP contribution >= 0.6 is 0 Å². The van der Waals surface area contributed by atoms with Crippen LogP contribution < -0.4 is 20.1 Å². The van der Waals surface area contributed by atoms with E-state index in [0.717, 1.165) is 53.6 Å². The number of rotatable bonds is 7. The lowest BCUT2D eigenvalue weighted by molar-refractivity contribution is 0.391. The van der Waals surface area contributed by atoms with Crippen LogP contribution in [0.4, 0.5) is 5.95 Å². The van der Waals surface area contributed by atoms with Gasteiger partial charge >= 0.3 is 0 Å². The first kappa shape index (κ1) is 20.3. The third kappa shape index (κ3) is 3.62. The molecule has 1 fully saturated rings. The summed E-state index contributed by atoms with van der Waals surface area (Å²) in [7, 11) is 3.27. The lowest BCUT2D eigenvalue weighted by Crippen LogP contribution is -2.11. The molecule has 0 spiro atoms. The van der Waals surface area contributed by atoms with Gasteiger partial charge in [-0.1, -0.05) is 0 Å². The van der Waals surface area contributed by atoms with Crippen LogP contribution in [0.1, 0.15) is 29.3 Å². The van der Waals surface area contributed by atoms with Gasteiger partial charge in [0.1, 0.15) is 23.5 Å². The van der Waals surface area contributed by atoms with Crippen molar-refractivity contribution in [2.24, 2.45) is 0 Å². The maximum Gasteiger partial charge on any atom is 0.245 e. The van der Waals surface area contributed by atoms with Crippen LogP contribution in [0.25, 0.3) is 17.2 Å². The van der Waals surface area contributed by atoms with Crippen molar-refractivity contribution in [3.05, 3.63) is 47.6 Å². The second-order valence-electron chi connectivity index (χ2n) is 7.67. The summed E-state index contributed by atoms with van der Waals surface area (Å²) in [5.74, 6) is 3.57. The highest BCUT2D eigenvalue weighted by Crippen LogP contribution is 2.29. The Bertz CT molecular complexity index is 1230. The molecule has 1 aromatic carbocycles. The van der Waals surface area contributed by atoms with E-state index in [1.165, 1.54) is 6.26 Å². The number of nitrogens with zero attached hydrogens (tertiary/aromatic N) is 5. The molecule has 32 heavy (non-hydrogen) atoms. The number of nitrogens with one attached hydrogen (secondary N) is 2. The Labute approximate surface area is 185 Å². The van der Waals surface area contributed by atoms with Gasteiger partial charge in [0.05, 0.1) is 20.4 Å². The summed E-state index contributed by atoms with van der Waals surface area (Å²) in [5, 5.41) is 11.6. The minimum atomic E-state index is 0.286. The van der Waals surface area contributed by atoms with Crippen LogP contribution in [0.2, 0.25) is 0 Å². The Balaban J connectivity index is 1.55. The van der Waals surface area contributed by atoms with Crippen LogP contribution in [0.15, 0.2) is 35.1 Å². The summed E-state index contributed by atoms with van der Waals surface area (Å²) in [5.41, 5.74) is 3.20.